The third-order valence-electron chi connectivity index (χ3n) is 4.09. The third kappa shape index (κ3) is 4.69. The van der Waals surface area contributed by atoms with E-state index in [1.54, 1.807) is 6.20 Å². The molecule has 2 aromatic rings. The lowest BCUT2D eigenvalue weighted by molar-refractivity contribution is -0.117. The van der Waals surface area contributed by atoms with E-state index in [-0.39, 0.29) is 5.91 Å². The number of hydrogen-bond acceptors (Lipinski definition) is 2. The molecule has 23 heavy (non-hydrogen) atoms. The lowest BCUT2D eigenvalue weighted by Crippen LogP contribution is -2.15. The second-order valence-corrected chi connectivity index (χ2v) is 5.95. The molecule has 0 atom stereocenters. The minimum absolute atomic E-state index is 0.103. The fraction of sp³-hybridized carbons (Fsp3) is 0.300. The monoisotopic (exact) mass is 304 g/mol. The number of rotatable bonds is 3. The van der Waals surface area contributed by atoms with Gasteiger partial charge in [0, 0.05) is 23.9 Å². The van der Waals surface area contributed by atoms with Gasteiger partial charge in [-0.25, -0.2) is 4.98 Å². The normalized spacial score (nSPS) is 14.1. The zero-order chi connectivity index (χ0) is 15.9. The molecular formula is C20H20N2O. The number of hydrogen-bond donors (Lipinski definition) is 1. The Kier molecular flexibility index (Phi) is 5.06. The van der Waals surface area contributed by atoms with E-state index in [0.29, 0.717) is 12.3 Å². The molecule has 1 fully saturated rings. The summed E-state index contributed by atoms with van der Waals surface area (Å²) >= 11 is 0. The minimum atomic E-state index is 0.103. The molecule has 0 unspecified atom stereocenters. The molecule has 3 heteroatoms. The number of nitrogens with one attached hydrogen (secondary N) is 1. The summed E-state index contributed by atoms with van der Waals surface area (Å²) in [4.78, 5) is 16.3. The van der Waals surface area contributed by atoms with Crippen molar-refractivity contribution in [1.82, 2.24) is 4.98 Å². The molecule has 0 radical (unpaired) electrons. The first-order valence-corrected chi connectivity index (χ1v) is 8.12. The summed E-state index contributed by atoms with van der Waals surface area (Å²) in [5.41, 5.74) is 2.42. The molecule has 3 nitrogen and oxygen atoms in total. The SMILES string of the molecule is O=C(CC1CCCC1)Nc1cccc(C#Cc2ccccn2)c1. The second kappa shape index (κ2) is 7.60. The van der Waals surface area contributed by atoms with Gasteiger partial charge in [-0.1, -0.05) is 30.9 Å². The van der Waals surface area contributed by atoms with Gasteiger partial charge in [-0.2, -0.15) is 0 Å². The van der Waals surface area contributed by atoms with Gasteiger partial charge in [0.2, 0.25) is 5.91 Å². The zero-order valence-corrected chi connectivity index (χ0v) is 13.1. The Labute approximate surface area is 137 Å². The first-order chi connectivity index (χ1) is 11.3. The molecule has 1 aromatic heterocycles. The Morgan fingerprint density at radius 2 is 2.00 bits per heavy atom. The average molecular weight is 304 g/mol. The Morgan fingerprint density at radius 1 is 1.13 bits per heavy atom. The summed E-state index contributed by atoms with van der Waals surface area (Å²) in [5, 5.41) is 2.99. The van der Waals surface area contributed by atoms with Gasteiger partial charge >= 0.3 is 0 Å². The standard InChI is InChI=1S/C20H20N2O/c23-20(15-16-6-1-2-7-16)22-19-10-5-8-17(14-19)11-12-18-9-3-4-13-21-18/h3-5,8-10,13-14,16H,1-2,6-7,15H2,(H,22,23). The van der Waals surface area contributed by atoms with E-state index in [9.17, 15) is 4.79 Å². The topological polar surface area (TPSA) is 42.0 Å². The first-order valence-electron chi connectivity index (χ1n) is 8.12. The van der Waals surface area contributed by atoms with Crippen molar-refractivity contribution in [1.29, 1.82) is 0 Å². The highest BCUT2D eigenvalue weighted by atomic mass is 16.1. The number of anilines is 1. The fourth-order valence-electron chi connectivity index (χ4n) is 2.94. The van der Waals surface area contributed by atoms with Crippen molar-refractivity contribution in [2.45, 2.75) is 32.1 Å². The maximum atomic E-state index is 12.1. The number of aromatic nitrogens is 1. The Bertz CT molecular complexity index is 722. The minimum Gasteiger partial charge on any atom is -0.326 e. The summed E-state index contributed by atoms with van der Waals surface area (Å²) in [5.74, 6) is 6.77. The van der Waals surface area contributed by atoms with Crippen LogP contribution in [0.5, 0.6) is 0 Å². The number of carbonyl (C=O) groups is 1. The Hall–Kier alpha value is -2.60. The highest BCUT2D eigenvalue weighted by Gasteiger charge is 2.18. The van der Waals surface area contributed by atoms with Gasteiger partial charge in [0.25, 0.3) is 0 Å². The molecule has 0 aliphatic heterocycles. The summed E-state index contributed by atoms with van der Waals surface area (Å²) in [7, 11) is 0. The quantitative estimate of drug-likeness (QED) is 0.871. The molecular weight excluding hydrogens is 284 g/mol. The third-order valence-corrected chi connectivity index (χ3v) is 4.09. The second-order valence-electron chi connectivity index (χ2n) is 5.95. The molecule has 0 spiro atoms. The molecule has 1 aromatic carbocycles. The number of carbonyl (C=O) groups excluding carboxylic acids is 1. The van der Waals surface area contributed by atoms with E-state index < -0.39 is 0 Å². The molecule has 116 valence electrons. The van der Waals surface area contributed by atoms with E-state index in [1.807, 2.05) is 42.5 Å². The molecule has 1 N–H and O–H groups in total. The van der Waals surface area contributed by atoms with Crippen LogP contribution in [0.25, 0.3) is 0 Å². The van der Waals surface area contributed by atoms with E-state index >= 15 is 0 Å². The van der Waals surface area contributed by atoms with Crippen molar-refractivity contribution in [2.24, 2.45) is 5.92 Å². The summed E-state index contributed by atoms with van der Waals surface area (Å²) in [6, 6.07) is 13.3. The number of benzene rings is 1. The summed E-state index contributed by atoms with van der Waals surface area (Å²) in [6.45, 7) is 0. The van der Waals surface area contributed by atoms with Gasteiger partial charge in [-0.15, -0.1) is 0 Å². The van der Waals surface area contributed by atoms with Gasteiger partial charge in [0.15, 0.2) is 0 Å². The van der Waals surface area contributed by atoms with Crippen molar-refractivity contribution >= 4 is 11.6 Å². The van der Waals surface area contributed by atoms with Crippen LogP contribution in [0, 0.1) is 17.8 Å². The predicted octanol–water partition coefficient (Wildman–Crippen LogP) is 4.00. The molecule has 0 bridgehead atoms. The molecule has 1 aliphatic carbocycles. The Morgan fingerprint density at radius 3 is 2.78 bits per heavy atom. The van der Waals surface area contributed by atoms with Crippen molar-refractivity contribution in [3.63, 3.8) is 0 Å². The van der Waals surface area contributed by atoms with Gasteiger partial charge < -0.3 is 5.32 Å². The predicted molar refractivity (Wildman–Crippen MR) is 91.9 cm³/mol. The van der Waals surface area contributed by atoms with Crippen molar-refractivity contribution in [3.8, 4) is 11.8 Å². The van der Waals surface area contributed by atoms with Crippen LogP contribution in [-0.2, 0) is 4.79 Å². The van der Waals surface area contributed by atoms with Gasteiger partial charge in [-0.05, 0) is 55.0 Å². The zero-order valence-electron chi connectivity index (χ0n) is 13.1. The van der Waals surface area contributed by atoms with E-state index in [0.717, 1.165) is 16.9 Å². The maximum absolute atomic E-state index is 12.1. The van der Waals surface area contributed by atoms with Crippen LogP contribution in [-0.4, -0.2) is 10.9 Å². The molecule has 0 saturated heterocycles. The van der Waals surface area contributed by atoms with Gasteiger partial charge in [-0.3, -0.25) is 4.79 Å². The largest absolute Gasteiger partial charge is 0.326 e. The van der Waals surface area contributed by atoms with Crippen LogP contribution in [0.2, 0.25) is 0 Å². The van der Waals surface area contributed by atoms with Crippen LogP contribution < -0.4 is 5.32 Å². The molecule has 1 saturated carbocycles. The molecule has 1 amide bonds. The van der Waals surface area contributed by atoms with Crippen LogP contribution in [0.4, 0.5) is 5.69 Å². The van der Waals surface area contributed by atoms with E-state index in [2.05, 4.69) is 22.1 Å². The highest BCUT2D eigenvalue weighted by Crippen LogP contribution is 2.27. The van der Waals surface area contributed by atoms with Crippen LogP contribution in [0.15, 0.2) is 48.7 Å². The van der Waals surface area contributed by atoms with Gasteiger partial charge in [0.1, 0.15) is 5.69 Å². The van der Waals surface area contributed by atoms with E-state index in [1.165, 1.54) is 25.7 Å². The average Bonchev–Trinajstić information content (AvgIpc) is 3.07. The number of pyridine rings is 1. The Balaban J connectivity index is 1.63. The lowest BCUT2D eigenvalue weighted by atomic mass is 10.0. The summed E-state index contributed by atoms with van der Waals surface area (Å²) < 4.78 is 0. The van der Waals surface area contributed by atoms with E-state index in [4.69, 9.17) is 0 Å². The first kappa shape index (κ1) is 15.3. The molecule has 1 aliphatic rings. The van der Waals surface area contributed by atoms with Crippen LogP contribution in [0.1, 0.15) is 43.4 Å². The molecule has 3 rings (SSSR count). The maximum Gasteiger partial charge on any atom is 0.224 e. The highest BCUT2D eigenvalue weighted by molar-refractivity contribution is 5.91. The van der Waals surface area contributed by atoms with Crippen LogP contribution in [0.3, 0.4) is 0 Å². The van der Waals surface area contributed by atoms with Crippen molar-refractivity contribution < 1.29 is 4.79 Å². The fourth-order valence-corrected chi connectivity index (χ4v) is 2.94. The van der Waals surface area contributed by atoms with Crippen LogP contribution >= 0.6 is 0 Å². The smallest absolute Gasteiger partial charge is 0.224 e. The summed E-state index contributed by atoms with van der Waals surface area (Å²) in [6.07, 6.45) is 7.24. The number of nitrogens with zero attached hydrogens (tertiary/aromatic N) is 1. The van der Waals surface area contributed by atoms with Crippen molar-refractivity contribution in [3.05, 3.63) is 59.9 Å². The van der Waals surface area contributed by atoms with Gasteiger partial charge in [0.05, 0.1) is 0 Å². The number of amides is 1. The lowest BCUT2D eigenvalue weighted by Gasteiger charge is -2.09. The molecule has 1 heterocycles. The van der Waals surface area contributed by atoms with Crippen molar-refractivity contribution in [2.75, 3.05) is 5.32 Å².